The molecule has 22 heavy (non-hydrogen) atoms. The molecule has 2 aromatic rings. The van der Waals surface area contributed by atoms with E-state index >= 15 is 0 Å². The van der Waals surface area contributed by atoms with Gasteiger partial charge in [-0.1, -0.05) is 18.2 Å². The van der Waals surface area contributed by atoms with Crippen molar-refractivity contribution in [1.29, 1.82) is 5.26 Å². The molecule has 0 bridgehead atoms. The summed E-state index contributed by atoms with van der Waals surface area (Å²) >= 11 is 0. The lowest BCUT2D eigenvalue weighted by atomic mass is 10.3. The van der Waals surface area contributed by atoms with Gasteiger partial charge in [0, 0.05) is 25.8 Å². The molecule has 7 heteroatoms. The lowest BCUT2D eigenvalue weighted by molar-refractivity contribution is -0.121. The van der Waals surface area contributed by atoms with E-state index in [4.69, 9.17) is 5.26 Å². The number of benzene rings is 1. The van der Waals surface area contributed by atoms with Crippen molar-refractivity contribution in [1.82, 2.24) is 20.1 Å². The van der Waals surface area contributed by atoms with Crippen molar-refractivity contribution in [2.24, 2.45) is 0 Å². The molecule has 1 N–H and O–H groups in total. The van der Waals surface area contributed by atoms with E-state index in [1.54, 1.807) is 0 Å². The molecule has 0 spiro atoms. The van der Waals surface area contributed by atoms with Crippen LogP contribution in [0.3, 0.4) is 0 Å². The fourth-order valence-corrected chi connectivity index (χ4v) is 2.02. The van der Waals surface area contributed by atoms with E-state index in [9.17, 15) is 4.79 Å². The van der Waals surface area contributed by atoms with Crippen LogP contribution in [-0.2, 0) is 11.3 Å². The Hall–Kier alpha value is -2.88. The van der Waals surface area contributed by atoms with Gasteiger partial charge in [0.1, 0.15) is 18.9 Å². The molecule has 0 aliphatic rings. The lowest BCUT2D eigenvalue weighted by Gasteiger charge is -2.19. The van der Waals surface area contributed by atoms with Crippen LogP contribution in [0.5, 0.6) is 0 Å². The second-order valence-electron chi connectivity index (χ2n) is 4.85. The van der Waals surface area contributed by atoms with Crippen LogP contribution in [0, 0.1) is 11.3 Å². The highest BCUT2D eigenvalue weighted by molar-refractivity contribution is 5.75. The van der Waals surface area contributed by atoms with Crippen molar-refractivity contribution in [3.63, 3.8) is 0 Å². The highest BCUT2D eigenvalue weighted by Crippen LogP contribution is 2.10. The molecule has 114 valence electrons. The molecule has 1 aromatic carbocycles. The molecule has 0 atom stereocenters. The number of amides is 1. The van der Waals surface area contributed by atoms with Crippen molar-refractivity contribution in [3.8, 4) is 6.07 Å². The largest absolute Gasteiger partial charge is 0.375 e. The second-order valence-corrected chi connectivity index (χ2v) is 4.85. The van der Waals surface area contributed by atoms with Gasteiger partial charge in [0.2, 0.25) is 11.7 Å². The van der Waals surface area contributed by atoms with Gasteiger partial charge in [-0.2, -0.15) is 5.26 Å². The molecule has 0 saturated carbocycles. The average molecular weight is 298 g/mol. The maximum atomic E-state index is 11.8. The van der Waals surface area contributed by atoms with Crippen LogP contribution in [0.25, 0.3) is 0 Å². The molecular weight excluding hydrogens is 280 g/mol. The summed E-state index contributed by atoms with van der Waals surface area (Å²) < 4.78 is 1.42. The number of carbonyl (C=O) groups is 1. The molecule has 0 aliphatic heterocycles. The van der Waals surface area contributed by atoms with Gasteiger partial charge in [-0.15, -0.1) is 10.2 Å². The van der Waals surface area contributed by atoms with E-state index < -0.39 is 0 Å². The van der Waals surface area contributed by atoms with E-state index in [-0.39, 0.29) is 18.3 Å². The maximum Gasteiger partial charge on any atom is 0.240 e. The molecule has 2 rings (SSSR count). The number of nitriles is 1. The van der Waals surface area contributed by atoms with Crippen molar-refractivity contribution in [2.45, 2.75) is 13.0 Å². The number of anilines is 1. The third kappa shape index (κ3) is 4.31. The van der Waals surface area contributed by atoms with Crippen molar-refractivity contribution in [3.05, 3.63) is 42.5 Å². The van der Waals surface area contributed by atoms with E-state index in [1.165, 1.54) is 10.9 Å². The number of aromatic nitrogens is 3. The second kappa shape index (κ2) is 7.78. The van der Waals surface area contributed by atoms with Gasteiger partial charge < -0.3 is 10.2 Å². The van der Waals surface area contributed by atoms with Gasteiger partial charge in [-0.3, -0.25) is 9.36 Å². The molecule has 0 radical (unpaired) electrons. The Balaban J connectivity index is 1.68. The van der Waals surface area contributed by atoms with E-state index in [1.807, 2.05) is 43.4 Å². The van der Waals surface area contributed by atoms with Crippen molar-refractivity contribution < 1.29 is 4.79 Å². The summed E-state index contributed by atoms with van der Waals surface area (Å²) in [6.45, 7) is 1.49. The number of hydrogen-bond acceptors (Lipinski definition) is 5. The number of nitrogens with zero attached hydrogens (tertiary/aromatic N) is 5. The Morgan fingerprint density at radius 2 is 2.18 bits per heavy atom. The van der Waals surface area contributed by atoms with Crippen LogP contribution in [0.2, 0.25) is 0 Å². The highest BCUT2D eigenvalue weighted by Gasteiger charge is 2.07. The highest BCUT2D eigenvalue weighted by atomic mass is 16.1. The zero-order chi connectivity index (χ0) is 15.8. The first-order chi connectivity index (χ1) is 10.7. The van der Waals surface area contributed by atoms with Crippen LogP contribution in [0.1, 0.15) is 12.2 Å². The SMILES string of the molecule is CN(CCCNC(=O)Cn1cnnc1C#N)c1ccccc1. The number of carbonyl (C=O) groups excluding carboxylic acids is 1. The predicted octanol–water partition coefficient (Wildman–Crippen LogP) is 0.792. The van der Waals surface area contributed by atoms with Gasteiger partial charge in [0.25, 0.3) is 0 Å². The zero-order valence-corrected chi connectivity index (χ0v) is 12.4. The molecule has 0 fully saturated rings. The first-order valence-corrected chi connectivity index (χ1v) is 7.01. The van der Waals surface area contributed by atoms with Crippen LogP contribution < -0.4 is 10.2 Å². The van der Waals surface area contributed by atoms with E-state index in [0.717, 1.165) is 18.7 Å². The van der Waals surface area contributed by atoms with Crippen LogP contribution in [-0.4, -0.2) is 40.8 Å². The summed E-state index contributed by atoms with van der Waals surface area (Å²) in [6.07, 6.45) is 2.21. The molecule has 1 heterocycles. The van der Waals surface area contributed by atoms with Crippen LogP contribution >= 0.6 is 0 Å². The van der Waals surface area contributed by atoms with Crippen molar-refractivity contribution in [2.75, 3.05) is 25.0 Å². The molecule has 1 amide bonds. The van der Waals surface area contributed by atoms with Gasteiger partial charge in [-0.25, -0.2) is 0 Å². The fraction of sp³-hybridized carbons (Fsp3) is 0.333. The predicted molar refractivity (Wildman–Crippen MR) is 82.1 cm³/mol. The molecular formula is C15H18N6O. The average Bonchev–Trinajstić information content (AvgIpc) is 2.99. The summed E-state index contributed by atoms with van der Waals surface area (Å²) in [4.78, 5) is 13.9. The van der Waals surface area contributed by atoms with Gasteiger partial charge in [-0.05, 0) is 18.6 Å². The Labute approximate surface area is 129 Å². The van der Waals surface area contributed by atoms with Gasteiger partial charge in [0.15, 0.2) is 0 Å². The summed E-state index contributed by atoms with van der Waals surface area (Å²) in [5, 5.41) is 18.8. The summed E-state index contributed by atoms with van der Waals surface area (Å²) in [5.74, 6) is -0.0161. The minimum atomic E-state index is -0.154. The van der Waals surface area contributed by atoms with E-state index in [0.29, 0.717) is 6.54 Å². The number of nitrogens with one attached hydrogen (secondary N) is 1. The Bertz CT molecular complexity index is 646. The zero-order valence-electron chi connectivity index (χ0n) is 12.4. The fourth-order valence-electron chi connectivity index (χ4n) is 2.02. The topological polar surface area (TPSA) is 86.8 Å². The quantitative estimate of drug-likeness (QED) is 0.764. The van der Waals surface area contributed by atoms with Gasteiger partial charge in [0.05, 0.1) is 0 Å². The third-order valence-corrected chi connectivity index (χ3v) is 3.22. The summed E-state index contributed by atoms with van der Waals surface area (Å²) in [5.41, 5.74) is 1.15. The third-order valence-electron chi connectivity index (χ3n) is 3.22. The Morgan fingerprint density at radius 1 is 1.41 bits per heavy atom. The van der Waals surface area contributed by atoms with Crippen molar-refractivity contribution >= 4 is 11.6 Å². The molecule has 1 aromatic heterocycles. The molecule has 0 saturated heterocycles. The monoisotopic (exact) mass is 298 g/mol. The molecule has 0 aliphatic carbocycles. The first-order valence-electron chi connectivity index (χ1n) is 7.01. The van der Waals surface area contributed by atoms with Crippen LogP contribution in [0.4, 0.5) is 5.69 Å². The normalized spacial score (nSPS) is 10.0. The minimum absolute atomic E-state index is 0.0599. The maximum absolute atomic E-state index is 11.8. The molecule has 0 unspecified atom stereocenters. The summed E-state index contributed by atoms with van der Waals surface area (Å²) in [6, 6.07) is 12.0. The lowest BCUT2D eigenvalue weighted by Crippen LogP contribution is -2.30. The smallest absolute Gasteiger partial charge is 0.240 e. The molecule has 7 nitrogen and oxygen atoms in total. The first kappa shape index (κ1) is 15.5. The standard InChI is InChI=1S/C15H18N6O/c1-20(13-6-3-2-4-7-13)9-5-8-17-15(22)11-21-12-18-19-14(21)10-16/h2-4,6-7,12H,5,8-9,11H2,1H3,(H,17,22). The minimum Gasteiger partial charge on any atom is -0.375 e. The Kier molecular flexibility index (Phi) is 5.49. The summed E-state index contributed by atoms with van der Waals surface area (Å²) in [7, 11) is 2.02. The number of hydrogen-bond donors (Lipinski definition) is 1. The Morgan fingerprint density at radius 3 is 2.91 bits per heavy atom. The number of para-hydroxylation sites is 1. The van der Waals surface area contributed by atoms with Gasteiger partial charge >= 0.3 is 0 Å². The number of rotatable bonds is 7. The van der Waals surface area contributed by atoms with E-state index in [2.05, 4.69) is 20.4 Å². The van der Waals surface area contributed by atoms with Crippen LogP contribution in [0.15, 0.2) is 36.7 Å².